The standard InChI is InChI=1S/C51H57F3N3O9P/c1-28-35-25-26-36(44(59)39(35)45(60)40-38(28)46(61)42-43(57(2)3)47(62)41(50(55)65)49(64)51(42,66)48(40)63)56-37(58)12-10-8-6-4-5-7-9-11-27-67(32-19-13-29(52)14-20-32,33-21-15-30(53)16-22-33)34-23-17-31(54)18-24-34/h13-26,28,38,42-43,46,59,61-63,66-67H,4-12,27H2,1-3H3,(H2,55,65)(H,56,58)/t28-,38+,42+,43-,46-,51-/m0/s1. The molecule has 0 fully saturated rings. The van der Waals surface area contributed by atoms with Gasteiger partial charge in [-0.1, -0.05) is 13.0 Å². The first kappa shape index (κ1) is 49.1. The van der Waals surface area contributed by atoms with Crippen molar-refractivity contribution in [2.45, 2.75) is 88.4 Å². The largest absolute Gasteiger partial charge is 0.510 e. The predicted molar refractivity (Wildman–Crippen MR) is 251 cm³/mol. The number of likely N-dealkylation sites (N-methyl/N-ethyl adjacent to an activating group) is 1. The maximum atomic E-state index is 14.2. The van der Waals surface area contributed by atoms with E-state index in [9.17, 15) is 57.9 Å². The zero-order valence-corrected chi connectivity index (χ0v) is 38.6. The molecule has 0 radical (unpaired) electrons. The normalized spacial score (nSPS) is 22.9. The summed E-state index contributed by atoms with van der Waals surface area (Å²) in [6, 6.07) is 20.9. The Morgan fingerprint density at radius 1 is 0.746 bits per heavy atom. The molecule has 7 rings (SSSR count). The number of amides is 2. The van der Waals surface area contributed by atoms with Crippen LogP contribution in [0.1, 0.15) is 86.6 Å². The van der Waals surface area contributed by atoms with Crippen LogP contribution in [-0.2, 0) is 14.4 Å². The van der Waals surface area contributed by atoms with Crippen LogP contribution >= 0.6 is 7.26 Å². The number of ketones is 2. The van der Waals surface area contributed by atoms with Gasteiger partial charge in [0.05, 0.1) is 29.3 Å². The third-order valence-electron chi connectivity index (χ3n) is 14.1. The second kappa shape index (κ2) is 19.8. The molecule has 3 aliphatic carbocycles. The summed E-state index contributed by atoms with van der Waals surface area (Å²) in [5.41, 5.74) is 0.744. The van der Waals surface area contributed by atoms with E-state index in [-0.39, 0.29) is 40.7 Å². The number of phenolic OH excluding ortho intramolecular Hbond substituents is 1. The Bertz CT molecular complexity index is 2510. The number of unbranched alkanes of at least 4 members (excludes halogenated alkanes) is 7. The molecule has 0 aliphatic heterocycles. The molecule has 3 aliphatic rings. The van der Waals surface area contributed by atoms with E-state index >= 15 is 0 Å². The van der Waals surface area contributed by atoms with Crippen molar-refractivity contribution in [3.8, 4) is 5.75 Å². The van der Waals surface area contributed by atoms with Gasteiger partial charge in [-0.2, -0.15) is 0 Å². The van der Waals surface area contributed by atoms with Crippen molar-refractivity contribution in [1.29, 1.82) is 0 Å². The van der Waals surface area contributed by atoms with E-state index in [1.165, 1.54) is 67.5 Å². The van der Waals surface area contributed by atoms with Crippen LogP contribution in [0.4, 0.5) is 18.9 Å². The number of aromatic hydroxyl groups is 1. The molecule has 0 spiro atoms. The molecule has 356 valence electrons. The topological polar surface area (TPSA) is 211 Å². The van der Waals surface area contributed by atoms with Crippen LogP contribution in [-0.4, -0.2) is 91.8 Å². The molecule has 67 heavy (non-hydrogen) atoms. The van der Waals surface area contributed by atoms with Gasteiger partial charge in [0, 0.05) is 11.5 Å². The number of nitrogens with two attached hydrogens (primary N) is 1. The van der Waals surface area contributed by atoms with Gasteiger partial charge in [0.15, 0.2) is 17.1 Å². The Balaban J connectivity index is 0.945. The molecule has 4 aromatic carbocycles. The molecule has 16 heteroatoms. The zero-order chi connectivity index (χ0) is 48.5. The summed E-state index contributed by atoms with van der Waals surface area (Å²) in [6.45, 7) is 1.63. The van der Waals surface area contributed by atoms with Crippen LogP contribution in [0, 0.1) is 29.3 Å². The van der Waals surface area contributed by atoms with Gasteiger partial charge in [0.2, 0.25) is 5.78 Å². The molecule has 12 nitrogen and oxygen atoms in total. The zero-order valence-electron chi connectivity index (χ0n) is 37.6. The van der Waals surface area contributed by atoms with Gasteiger partial charge in [-0.3, -0.25) is 19.3 Å². The van der Waals surface area contributed by atoms with Gasteiger partial charge in [0.1, 0.15) is 17.1 Å². The summed E-state index contributed by atoms with van der Waals surface area (Å²) in [6.07, 6.45) is 5.94. The molecule has 0 saturated heterocycles. The van der Waals surface area contributed by atoms with Crippen LogP contribution in [0.3, 0.4) is 0 Å². The van der Waals surface area contributed by atoms with E-state index in [0.717, 1.165) is 67.0 Å². The fraction of sp³-hybridized carbons (Fsp3) is 0.373. The van der Waals surface area contributed by atoms with Crippen LogP contribution in [0.15, 0.2) is 108 Å². The first-order valence-electron chi connectivity index (χ1n) is 22.6. The molecule has 8 N–H and O–H groups in total. The van der Waals surface area contributed by atoms with E-state index in [2.05, 4.69) is 5.32 Å². The second-order valence-electron chi connectivity index (χ2n) is 18.3. The fourth-order valence-corrected chi connectivity index (χ4v) is 15.7. The number of hydrogen-bond acceptors (Lipinski definition) is 10. The molecule has 0 unspecified atom stereocenters. The number of halogens is 3. The fourth-order valence-electron chi connectivity index (χ4n) is 10.8. The van der Waals surface area contributed by atoms with Gasteiger partial charge in [0.25, 0.3) is 5.91 Å². The average Bonchev–Trinajstić information content (AvgIpc) is 3.28. The molecule has 0 saturated carbocycles. The van der Waals surface area contributed by atoms with E-state index in [4.69, 9.17) is 5.73 Å². The van der Waals surface area contributed by atoms with Gasteiger partial charge < -0.3 is 31.3 Å². The number of anilines is 1. The van der Waals surface area contributed by atoms with Crippen molar-refractivity contribution in [3.05, 3.63) is 136 Å². The van der Waals surface area contributed by atoms with Crippen LogP contribution in [0.5, 0.6) is 5.75 Å². The third-order valence-corrected chi connectivity index (χ3v) is 19.2. The maximum Gasteiger partial charge on any atom is 0.255 e. The molecule has 6 atom stereocenters. The number of aliphatic hydroxyl groups is 4. The molecular weight excluding hydrogens is 887 g/mol. The predicted octanol–water partition coefficient (Wildman–Crippen LogP) is 6.25. The summed E-state index contributed by atoms with van der Waals surface area (Å²) in [5.74, 6) is -11.5. The molecular formula is C51H57F3N3O9P. The smallest absolute Gasteiger partial charge is 0.255 e. The third kappa shape index (κ3) is 8.90. The Labute approximate surface area is 387 Å². The number of rotatable bonds is 17. The number of Topliss-reactive ketones (excluding diaryl/α,β-unsaturated/α-hetero) is 2. The molecule has 4 aromatic rings. The number of aliphatic hydroxyl groups excluding tert-OH is 3. The number of carbonyl (C=O) groups excluding carboxylic acids is 4. The van der Waals surface area contributed by atoms with Crippen molar-refractivity contribution >= 4 is 52.2 Å². The number of benzene rings is 4. The summed E-state index contributed by atoms with van der Waals surface area (Å²) in [4.78, 5) is 54.6. The van der Waals surface area contributed by atoms with Gasteiger partial charge in [-0.05, 0) is 31.6 Å². The number of carbonyl (C=O) groups is 4. The molecule has 0 aromatic heterocycles. The van der Waals surface area contributed by atoms with Crippen LogP contribution in [0.2, 0.25) is 0 Å². The second-order valence-corrected chi connectivity index (χ2v) is 22.3. The van der Waals surface area contributed by atoms with Crippen LogP contribution in [0.25, 0.3) is 0 Å². The number of nitrogens with one attached hydrogen (secondary N) is 1. The number of fused-ring (bicyclic) bond motifs is 3. The van der Waals surface area contributed by atoms with Crippen molar-refractivity contribution in [2.24, 2.45) is 17.6 Å². The first-order chi connectivity index (χ1) is 31.9. The summed E-state index contributed by atoms with van der Waals surface area (Å²) in [7, 11) is 0.120. The number of primary amides is 1. The number of hydrogen-bond donors (Lipinski definition) is 7. The molecule has 2 amide bonds. The number of phenols is 1. The molecule has 0 bridgehead atoms. The minimum absolute atomic E-state index is 0.0774. The van der Waals surface area contributed by atoms with Gasteiger partial charge >= 0.3 is 207 Å². The summed E-state index contributed by atoms with van der Waals surface area (Å²) >= 11 is 0. The van der Waals surface area contributed by atoms with Gasteiger partial charge in [-0.15, -0.1) is 0 Å². The van der Waals surface area contributed by atoms with Crippen LogP contribution < -0.4 is 27.0 Å². The quantitative estimate of drug-likeness (QED) is 0.0274. The van der Waals surface area contributed by atoms with E-state index < -0.39 is 94.6 Å². The summed E-state index contributed by atoms with van der Waals surface area (Å²) in [5, 5.41) is 63.4. The SMILES string of the molecule is C[C@H]1c2ccc(NC(=O)CCCCCCCCCC[PH](c3ccc(F)cc3)(c3ccc(F)cc3)c3ccc(F)cc3)c(O)c2C(=O)C2=C(O)[C@]3(O)C(=O)C(C(N)=O)=C(O)[C@@H](N(C)C)[C@@H]3[C@@H](O)[C@@H]21. The Hall–Kier alpha value is -5.86. The maximum absolute atomic E-state index is 14.2. The monoisotopic (exact) mass is 943 g/mol. The number of nitrogens with zero attached hydrogens (tertiary/aromatic N) is 1. The Morgan fingerprint density at radius 3 is 1.70 bits per heavy atom. The summed E-state index contributed by atoms with van der Waals surface area (Å²) < 4.78 is 42.3. The Morgan fingerprint density at radius 2 is 1.22 bits per heavy atom. The van der Waals surface area contributed by atoms with Crippen molar-refractivity contribution in [1.82, 2.24) is 4.90 Å². The average molecular weight is 944 g/mol. The van der Waals surface area contributed by atoms with Crippen molar-refractivity contribution < 1.29 is 57.9 Å². The van der Waals surface area contributed by atoms with Gasteiger partial charge in [-0.25, -0.2) is 0 Å². The first-order valence-corrected chi connectivity index (χ1v) is 24.8. The molecule has 0 heterocycles. The van der Waals surface area contributed by atoms with E-state index in [1.807, 2.05) is 0 Å². The Kier molecular flexibility index (Phi) is 14.5. The van der Waals surface area contributed by atoms with Crippen molar-refractivity contribution in [2.75, 3.05) is 25.6 Å². The van der Waals surface area contributed by atoms with E-state index in [1.54, 1.807) is 43.3 Å². The minimum Gasteiger partial charge on any atom is -0.510 e. The van der Waals surface area contributed by atoms with Crippen molar-refractivity contribution in [3.63, 3.8) is 0 Å². The minimum atomic E-state index is -3.04. The van der Waals surface area contributed by atoms with E-state index in [0.29, 0.717) is 6.42 Å².